The van der Waals surface area contributed by atoms with Crippen molar-refractivity contribution in [1.82, 2.24) is 0 Å². The molecule has 4 rings (SSSR count). The number of ketones is 1. The van der Waals surface area contributed by atoms with Crippen molar-refractivity contribution in [3.05, 3.63) is 95.1 Å². The molecule has 1 fully saturated rings. The average molecular weight is 415 g/mol. The Hall–Kier alpha value is -4.06. The summed E-state index contributed by atoms with van der Waals surface area (Å²) in [6, 6.07) is 19.6. The topological polar surface area (TPSA) is 87.1 Å². The van der Waals surface area contributed by atoms with Gasteiger partial charge in [-0.2, -0.15) is 0 Å². The van der Waals surface area contributed by atoms with Gasteiger partial charge in [0.05, 0.1) is 18.7 Å². The molecule has 0 saturated carbocycles. The fraction of sp³-hybridized carbons (Fsp3) is 0.120. The van der Waals surface area contributed by atoms with Crippen LogP contribution in [0.3, 0.4) is 0 Å². The minimum atomic E-state index is -0.892. The summed E-state index contributed by atoms with van der Waals surface area (Å²) in [4.78, 5) is 27.6. The van der Waals surface area contributed by atoms with Crippen LogP contribution in [0.4, 0.5) is 5.69 Å². The van der Waals surface area contributed by atoms with Gasteiger partial charge in [-0.25, -0.2) is 0 Å². The van der Waals surface area contributed by atoms with Crippen molar-refractivity contribution in [3.63, 3.8) is 0 Å². The summed E-state index contributed by atoms with van der Waals surface area (Å²) in [7, 11) is 1.42. The van der Waals surface area contributed by atoms with Crippen molar-refractivity contribution in [3.8, 4) is 11.5 Å². The number of hydrogen-bond donors (Lipinski definition) is 2. The Morgan fingerprint density at radius 1 is 0.968 bits per heavy atom. The summed E-state index contributed by atoms with van der Waals surface area (Å²) < 4.78 is 5.22. The van der Waals surface area contributed by atoms with Crippen LogP contribution < -0.4 is 9.64 Å². The third-order valence-corrected chi connectivity index (χ3v) is 5.29. The van der Waals surface area contributed by atoms with E-state index in [0.29, 0.717) is 16.8 Å². The van der Waals surface area contributed by atoms with E-state index in [1.807, 2.05) is 13.0 Å². The van der Waals surface area contributed by atoms with Gasteiger partial charge in [-0.05, 0) is 42.3 Å². The Morgan fingerprint density at radius 3 is 2.39 bits per heavy atom. The van der Waals surface area contributed by atoms with E-state index in [-0.39, 0.29) is 22.8 Å². The highest BCUT2D eigenvalue weighted by Gasteiger charge is 2.47. The molecule has 0 unspecified atom stereocenters. The molecule has 1 aliphatic heterocycles. The molecule has 1 heterocycles. The first kappa shape index (κ1) is 20.2. The van der Waals surface area contributed by atoms with Crippen LogP contribution in [0.5, 0.6) is 11.5 Å². The van der Waals surface area contributed by atoms with Gasteiger partial charge in [0, 0.05) is 11.3 Å². The number of aliphatic hydroxyl groups excluding tert-OH is 1. The van der Waals surface area contributed by atoms with E-state index >= 15 is 0 Å². The molecule has 1 aliphatic rings. The Kier molecular flexibility index (Phi) is 5.21. The first-order chi connectivity index (χ1) is 14.9. The molecule has 3 aromatic rings. The van der Waals surface area contributed by atoms with Crippen molar-refractivity contribution in [2.45, 2.75) is 13.0 Å². The number of aliphatic hydroxyl groups is 1. The molecule has 0 spiro atoms. The molecule has 0 bridgehead atoms. The smallest absolute Gasteiger partial charge is 0.300 e. The van der Waals surface area contributed by atoms with Gasteiger partial charge in [0.1, 0.15) is 5.76 Å². The quantitative estimate of drug-likeness (QED) is 0.376. The first-order valence-corrected chi connectivity index (χ1v) is 9.72. The highest BCUT2D eigenvalue weighted by atomic mass is 16.5. The third kappa shape index (κ3) is 3.53. The first-order valence-electron chi connectivity index (χ1n) is 9.72. The van der Waals surface area contributed by atoms with Gasteiger partial charge in [0.15, 0.2) is 11.5 Å². The number of carbonyl (C=O) groups excluding carboxylic acids is 2. The number of amides is 1. The predicted octanol–water partition coefficient (Wildman–Crippen LogP) is 4.34. The van der Waals surface area contributed by atoms with E-state index in [2.05, 4.69) is 0 Å². The maximum absolute atomic E-state index is 13.1. The Morgan fingerprint density at radius 2 is 1.71 bits per heavy atom. The lowest BCUT2D eigenvalue weighted by molar-refractivity contribution is -0.132. The molecule has 6 heteroatoms. The summed E-state index contributed by atoms with van der Waals surface area (Å²) in [5, 5.41) is 21.1. The fourth-order valence-corrected chi connectivity index (χ4v) is 3.81. The number of anilines is 1. The summed E-state index contributed by atoms with van der Waals surface area (Å²) in [6.45, 7) is 1.89. The molecular weight excluding hydrogens is 394 g/mol. The van der Waals surface area contributed by atoms with Gasteiger partial charge < -0.3 is 14.9 Å². The van der Waals surface area contributed by atoms with Crippen LogP contribution in [0.2, 0.25) is 0 Å². The molecule has 1 atom stereocenters. The summed E-state index contributed by atoms with van der Waals surface area (Å²) in [6.07, 6.45) is 0. The van der Waals surface area contributed by atoms with Crippen molar-refractivity contribution in [2.75, 3.05) is 12.0 Å². The number of methoxy groups -OCH3 is 1. The second kappa shape index (κ2) is 7.99. The van der Waals surface area contributed by atoms with Crippen LogP contribution in [0.25, 0.3) is 5.76 Å². The summed E-state index contributed by atoms with van der Waals surface area (Å²) in [5.41, 5.74) is 2.38. The lowest BCUT2D eigenvalue weighted by atomic mass is 9.94. The molecule has 1 saturated heterocycles. The number of aromatic hydroxyl groups is 1. The molecule has 2 N–H and O–H groups in total. The molecule has 0 aromatic heterocycles. The lowest BCUT2D eigenvalue weighted by Crippen LogP contribution is -2.29. The minimum Gasteiger partial charge on any atom is -0.507 e. The maximum atomic E-state index is 13.1. The van der Waals surface area contributed by atoms with E-state index in [0.717, 1.165) is 5.56 Å². The maximum Gasteiger partial charge on any atom is 0.300 e. The lowest BCUT2D eigenvalue weighted by Gasteiger charge is -2.26. The van der Waals surface area contributed by atoms with Crippen LogP contribution in [0.1, 0.15) is 22.7 Å². The van der Waals surface area contributed by atoms with Gasteiger partial charge in [-0.3, -0.25) is 14.5 Å². The van der Waals surface area contributed by atoms with Gasteiger partial charge in [0.25, 0.3) is 11.7 Å². The molecule has 0 radical (unpaired) electrons. The van der Waals surface area contributed by atoms with Gasteiger partial charge in [-0.1, -0.05) is 48.5 Å². The zero-order valence-corrected chi connectivity index (χ0v) is 17.1. The number of phenols is 1. The molecule has 1 amide bonds. The zero-order valence-electron chi connectivity index (χ0n) is 17.1. The minimum absolute atomic E-state index is 0.0227. The number of phenolic OH excluding ortho intramolecular Hbond substituents is 1. The summed E-state index contributed by atoms with van der Waals surface area (Å²) >= 11 is 0. The Bertz CT molecular complexity index is 1200. The number of Topliss-reactive ketones (excluding diaryl/α,β-unsaturated/α-hetero) is 1. The fourth-order valence-electron chi connectivity index (χ4n) is 3.81. The zero-order chi connectivity index (χ0) is 22.1. The van der Waals surface area contributed by atoms with Crippen LogP contribution in [0.15, 0.2) is 78.4 Å². The second-order valence-corrected chi connectivity index (χ2v) is 7.31. The molecule has 31 heavy (non-hydrogen) atoms. The number of carbonyl (C=O) groups is 2. The van der Waals surface area contributed by atoms with Crippen molar-refractivity contribution in [2.24, 2.45) is 0 Å². The van der Waals surface area contributed by atoms with Crippen molar-refractivity contribution < 1.29 is 24.5 Å². The molecule has 6 nitrogen and oxygen atoms in total. The van der Waals surface area contributed by atoms with Crippen LogP contribution in [-0.2, 0) is 9.59 Å². The van der Waals surface area contributed by atoms with Gasteiger partial charge >= 0.3 is 0 Å². The number of hydrogen-bond acceptors (Lipinski definition) is 5. The SMILES string of the molecule is COc1cc([C@@H]2/C(=C(\O)c3ccccc3)C(=O)C(=O)N2c2cccc(C)c2)ccc1O. The standard InChI is InChI=1S/C25H21NO5/c1-15-7-6-10-18(13-15)26-22(17-11-12-19(27)20(14-17)31-2)21(24(29)25(26)30)23(28)16-8-4-3-5-9-16/h3-14,22,27-28H,1-2H3/b23-21+/t22-/m1/s1. The van der Waals surface area contributed by atoms with E-state index in [1.165, 1.54) is 18.1 Å². The van der Waals surface area contributed by atoms with Crippen molar-refractivity contribution in [1.29, 1.82) is 0 Å². The molecular formula is C25H21NO5. The van der Waals surface area contributed by atoms with Crippen LogP contribution in [0, 0.1) is 6.92 Å². The van der Waals surface area contributed by atoms with Crippen LogP contribution in [-0.4, -0.2) is 29.0 Å². The van der Waals surface area contributed by atoms with Gasteiger partial charge in [-0.15, -0.1) is 0 Å². The van der Waals surface area contributed by atoms with Crippen molar-refractivity contribution >= 4 is 23.1 Å². The average Bonchev–Trinajstić information content (AvgIpc) is 3.05. The number of benzene rings is 3. The Labute approximate surface area is 179 Å². The normalized spacial score (nSPS) is 17.7. The molecule has 3 aromatic carbocycles. The Balaban J connectivity index is 1.98. The molecule has 156 valence electrons. The monoisotopic (exact) mass is 415 g/mol. The van der Waals surface area contributed by atoms with E-state index in [1.54, 1.807) is 60.7 Å². The van der Waals surface area contributed by atoms with E-state index in [4.69, 9.17) is 4.74 Å². The van der Waals surface area contributed by atoms with E-state index in [9.17, 15) is 19.8 Å². The van der Waals surface area contributed by atoms with Crippen LogP contribution >= 0.6 is 0 Å². The molecule has 0 aliphatic carbocycles. The van der Waals surface area contributed by atoms with E-state index < -0.39 is 17.7 Å². The number of nitrogens with zero attached hydrogens (tertiary/aromatic N) is 1. The number of aryl methyl sites for hydroxylation is 1. The number of ether oxygens (including phenoxy) is 1. The third-order valence-electron chi connectivity index (χ3n) is 5.29. The highest BCUT2D eigenvalue weighted by molar-refractivity contribution is 6.51. The largest absolute Gasteiger partial charge is 0.507 e. The van der Waals surface area contributed by atoms with Gasteiger partial charge in [0.2, 0.25) is 0 Å². The highest BCUT2D eigenvalue weighted by Crippen LogP contribution is 2.44. The number of rotatable bonds is 4. The second-order valence-electron chi connectivity index (χ2n) is 7.31. The summed E-state index contributed by atoms with van der Waals surface area (Å²) in [5.74, 6) is -1.64. The predicted molar refractivity (Wildman–Crippen MR) is 117 cm³/mol.